The second-order valence-electron chi connectivity index (χ2n) is 7.38. The molecule has 10 nitrogen and oxygen atoms in total. The molecule has 0 aromatic rings. The Balaban J connectivity index is 1.99. The summed E-state index contributed by atoms with van der Waals surface area (Å²) in [6.45, 7) is 1.75. The number of carbonyl (C=O) groups is 4. The molecule has 156 valence electrons. The lowest BCUT2D eigenvalue weighted by Crippen LogP contribution is -2.55. The molecule has 0 spiro atoms. The van der Waals surface area contributed by atoms with E-state index < -0.39 is 18.1 Å². The maximum absolute atomic E-state index is 12.9. The zero-order valence-electron chi connectivity index (χ0n) is 16.2. The van der Waals surface area contributed by atoms with Gasteiger partial charge < -0.3 is 31.8 Å². The topological polar surface area (TPSA) is 160 Å². The molecule has 3 unspecified atom stereocenters. The molecule has 2 aliphatic heterocycles. The molecule has 0 aromatic heterocycles. The summed E-state index contributed by atoms with van der Waals surface area (Å²) >= 11 is 0. The monoisotopic (exact) mass is 394 g/mol. The Kier molecular flexibility index (Phi) is 7.77. The summed E-state index contributed by atoms with van der Waals surface area (Å²) in [6, 6.07) is -1.88. The minimum absolute atomic E-state index is 0.00134. The zero-order chi connectivity index (χ0) is 20.7. The number of amides is 3. The Morgan fingerprint density at radius 3 is 2.68 bits per heavy atom. The van der Waals surface area contributed by atoms with Gasteiger partial charge in [0.25, 0.3) is 0 Å². The number of nitrogens with zero attached hydrogens (tertiary/aromatic N) is 2. The highest BCUT2D eigenvalue weighted by Gasteiger charge is 2.44. The molecule has 28 heavy (non-hydrogen) atoms. The van der Waals surface area contributed by atoms with E-state index in [1.165, 1.54) is 6.92 Å². The third kappa shape index (κ3) is 5.67. The number of aliphatic imine (C=N–C) groups is 1. The van der Waals surface area contributed by atoms with Crippen LogP contribution in [0.4, 0.5) is 0 Å². The smallest absolute Gasteiger partial charge is 0.246 e. The lowest BCUT2D eigenvalue weighted by Gasteiger charge is -2.31. The highest BCUT2D eigenvalue weighted by Crippen LogP contribution is 2.32. The van der Waals surface area contributed by atoms with Gasteiger partial charge >= 0.3 is 0 Å². The number of aldehydes is 1. The average Bonchev–Trinajstić information content (AvgIpc) is 2.99. The average molecular weight is 394 g/mol. The van der Waals surface area contributed by atoms with Gasteiger partial charge in [-0.3, -0.25) is 19.4 Å². The highest BCUT2D eigenvalue weighted by atomic mass is 16.2. The van der Waals surface area contributed by atoms with Crippen molar-refractivity contribution >= 4 is 30.0 Å². The van der Waals surface area contributed by atoms with Crippen molar-refractivity contribution in [3.8, 4) is 0 Å². The first-order valence-electron chi connectivity index (χ1n) is 9.73. The van der Waals surface area contributed by atoms with Crippen LogP contribution in [0, 0.1) is 0 Å². The van der Waals surface area contributed by atoms with E-state index in [9.17, 15) is 19.2 Å². The predicted molar refractivity (Wildman–Crippen MR) is 103 cm³/mol. The Hall–Kier alpha value is -2.65. The summed E-state index contributed by atoms with van der Waals surface area (Å²) in [5.41, 5.74) is 10.5. The number of guanidine groups is 1. The molecule has 6 N–H and O–H groups in total. The standard InChI is InChI=1S/C18H30N6O4/c1-11(26)22-14-6-2-5-13-7-8-15(24(13)17(14)28)16(27)23-12(10-25)4-3-9-21-18(19)20/h10,12-15H,2-9H2,1H3,(H,22,26)(H,23,27)(H4,19,20,21)/t12-,13?,14?,15?/m0/s1. The summed E-state index contributed by atoms with van der Waals surface area (Å²) < 4.78 is 0. The van der Waals surface area contributed by atoms with Crippen molar-refractivity contribution in [2.75, 3.05) is 6.54 Å². The molecular weight excluding hydrogens is 364 g/mol. The Morgan fingerprint density at radius 2 is 2.04 bits per heavy atom. The van der Waals surface area contributed by atoms with E-state index in [0.717, 1.165) is 19.3 Å². The molecule has 0 aliphatic carbocycles. The van der Waals surface area contributed by atoms with Crippen LogP contribution in [-0.2, 0) is 19.2 Å². The third-order valence-electron chi connectivity index (χ3n) is 5.22. The minimum Gasteiger partial charge on any atom is -0.370 e. The number of hydrogen-bond donors (Lipinski definition) is 4. The molecule has 2 saturated heterocycles. The second-order valence-corrected chi connectivity index (χ2v) is 7.38. The van der Waals surface area contributed by atoms with Crippen LogP contribution < -0.4 is 22.1 Å². The van der Waals surface area contributed by atoms with E-state index in [0.29, 0.717) is 38.5 Å². The molecule has 2 rings (SSSR count). The molecule has 3 amide bonds. The van der Waals surface area contributed by atoms with Crippen molar-refractivity contribution in [3.05, 3.63) is 0 Å². The molecule has 0 bridgehead atoms. The molecule has 10 heteroatoms. The van der Waals surface area contributed by atoms with Crippen LogP contribution in [-0.4, -0.2) is 65.6 Å². The van der Waals surface area contributed by atoms with Gasteiger partial charge in [0, 0.05) is 19.5 Å². The van der Waals surface area contributed by atoms with Crippen LogP contribution in [0.25, 0.3) is 0 Å². The van der Waals surface area contributed by atoms with Crippen LogP contribution in [0.3, 0.4) is 0 Å². The fourth-order valence-corrected chi connectivity index (χ4v) is 3.97. The van der Waals surface area contributed by atoms with Crippen LogP contribution in [0.2, 0.25) is 0 Å². The van der Waals surface area contributed by atoms with Crippen LogP contribution in [0.15, 0.2) is 4.99 Å². The minimum atomic E-state index is -0.658. The van der Waals surface area contributed by atoms with E-state index in [-0.39, 0.29) is 29.7 Å². The fraction of sp³-hybridized carbons (Fsp3) is 0.722. The number of rotatable bonds is 8. The molecule has 2 aliphatic rings. The summed E-state index contributed by atoms with van der Waals surface area (Å²) in [7, 11) is 0. The molecule has 0 aromatic carbocycles. The number of hydrogen-bond acceptors (Lipinski definition) is 5. The van der Waals surface area contributed by atoms with Crippen LogP contribution in [0.5, 0.6) is 0 Å². The van der Waals surface area contributed by atoms with Gasteiger partial charge in [-0.1, -0.05) is 0 Å². The number of nitrogens with two attached hydrogens (primary N) is 2. The van der Waals surface area contributed by atoms with Gasteiger partial charge in [0.1, 0.15) is 18.4 Å². The first kappa shape index (κ1) is 21.6. The van der Waals surface area contributed by atoms with Crippen molar-refractivity contribution in [2.45, 2.75) is 76.0 Å². The molecule has 0 radical (unpaired) electrons. The van der Waals surface area contributed by atoms with Gasteiger partial charge in [-0.15, -0.1) is 0 Å². The summed E-state index contributed by atoms with van der Waals surface area (Å²) in [5, 5.41) is 5.42. The Labute approximate surface area is 164 Å². The van der Waals surface area contributed by atoms with Crippen molar-refractivity contribution < 1.29 is 19.2 Å². The lowest BCUT2D eigenvalue weighted by atomic mass is 10.1. The summed E-state index contributed by atoms with van der Waals surface area (Å²) in [5.74, 6) is -0.833. The lowest BCUT2D eigenvalue weighted by molar-refractivity contribution is -0.142. The third-order valence-corrected chi connectivity index (χ3v) is 5.22. The van der Waals surface area contributed by atoms with Gasteiger partial charge in [-0.25, -0.2) is 0 Å². The van der Waals surface area contributed by atoms with Crippen molar-refractivity contribution in [3.63, 3.8) is 0 Å². The van der Waals surface area contributed by atoms with E-state index in [2.05, 4.69) is 15.6 Å². The predicted octanol–water partition coefficient (Wildman–Crippen LogP) is -1.23. The maximum atomic E-state index is 12.9. The van der Waals surface area contributed by atoms with Gasteiger partial charge in [-0.05, 0) is 44.9 Å². The second kappa shape index (κ2) is 10.0. The summed E-state index contributed by atoms with van der Waals surface area (Å²) in [4.78, 5) is 53.9. The summed E-state index contributed by atoms with van der Waals surface area (Å²) in [6.07, 6.45) is 5.12. The SMILES string of the molecule is CC(=O)NC1CCCC2CCC(C(=O)N[C@H](C=O)CCCN=C(N)N)N2C1=O. The van der Waals surface area contributed by atoms with Crippen molar-refractivity contribution in [2.24, 2.45) is 16.5 Å². The highest BCUT2D eigenvalue weighted by molar-refractivity contribution is 5.93. The van der Waals surface area contributed by atoms with Gasteiger partial charge in [0.15, 0.2) is 5.96 Å². The molecule has 0 saturated carbocycles. The zero-order valence-corrected chi connectivity index (χ0v) is 16.2. The molecular formula is C18H30N6O4. The van der Waals surface area contributed by atoms with Crippen molar-refractivity contribution in [1.29, 1.82) is 0 Å². The maximum Gasteiger partial charge on any atom is 0.246 e. The molecule has 2 fully saturated rings. The van der Waals surface area contributed by atoms with Crippen LogP contribution >= 0.6 is 0 Å². The van der Waals surface area contributed by atoms with Gasteiger partial charge in [-0.2, -0.15) is 0 Å². The first-order valence-corrected chi connectivity index (χ1v) is 9.73. The first-order chi connectivity index (χ1) is 13.3. The fourth-order valence-electron chi connectivity index (χ4n) is 3.97. The Morgan fingerprint density at radius 1 is 1.29 bits per heavy atom. The number of fused-ring (bicyclic) bond motifs is 1. The van der Waals surface area contributed by atoms with E-state index >= 15 is 0 Å². The van der Waals surface area contributed by atoms with E-state index in [4.69, 9.17) is 11.5 Å². The van der Waals surface area contributed by atoms with Gasteiger partial charge in [0.2, 0.25) is 17.7 Å². The number of nitrogens with one attached hydrogen (secondary N) is 2. The Bertz CT molecular complexity index is 634. The molecule has 2 heterocycles. The normalized spacial score (nSPS) is 25.2. The molecule has 4 atom stereocenters. The number of carbonyl (C=O) groups excluding carboxylic acids is 4. The van der Waals surface area contributed by atoms with Crippen LogP contribution in [0.1, 0.15) is 51.9 Å². The van der Waals surface area contributed by atoms with Crippen molar-refractivity contribution in [1.82, 2.24) is 15.5 Å². The largest absolute Gasteiger partial charge is 0.370 e. The van der Waals surface area contributed by atoms with E-state index in [1.807, 2.05) is 0 Å². The van der Waals surface area contributed by atoms with E-state index in [1.54, 1.807) is 4.90 Å². The quantitative estimate of drug-likeness (QED) is 0.174. The van der Waals surface area contributed by atoms with Gasteiger partial charge in [0.05, 0.1) is 6.04 Å².